The molecule has 5 nitrogen and oxygen atoms in total. The summed E-state index contributed by atoms with van der Waals surface area (Å²) < 4.78 is 4.77. The van der Waals surface area contributed by atoms with Gasteiger partial charge in [-0.15, -0.1) is 0 Å². The van der Waals surface area contributed by atoms with Gasteiger partial charge in [-0.05, 0) is 54.1 Å². The lowest BCUT2D eigenvalue weighted by Crippen LogP contribution is -2.49. The number of carbonyl (C=O) groups excluding carboxylic acids is 2. The first kappa shape index (κ1) is 22.7. The predicted octanol–water partition coefficient (Wildman–Crippen LogP) is 3.81. The first-order valence-corrected chi connectivity index (χ1v) is 11.4. The number of nitrogens with zero attached hydrogens (tertiary/aromatic N) is 1. The molecular weight excluding hydrogens is 412 g/mol. The summed E-state index contributed by atoms with van der Waals surface area (Å²) in [5, 5.41) is 0. The van der Waals surface area contributed by atoms with Gasteiger partial charge >= 0.3 is 5.97 Å². The summed E-state index contributed by atoms with van der Waals surface area (Å²) in [5.41, 5.74) is 8.94. The van der Waals surface area contributed by atoms with E-state index in [4.69, 9.17) is 10.5 Å². The molecule has 170 valence electrons. The van der Waals surface area contributed by atoms with Crippen molar-refractivity contribution in [1.29, 1.82) is 0 Å². The van der Waals surface area contributed by atoms with E-state index in [0.717, 1.165) is 43.6 Å². The number of rotatable bonds is 8. The Balaban J connectivity index is 1.53. The van der Waals surface area contributed by atoms with Crippen LogP contribution in [0.3, 0.4) is 0 Å². The Bertz CT molecular complexity index is 1040. The number of amides is 1. The largest absolute Gasteiger partial charge is 0.465 e. The van der Waals surface area contributed by atoms with Crippen molar-refractivity contribution in [3.8, 4) is 0 Å². The van der Waals surface area contributed by atoms with Crippen LogP contribution in [0.2, 0.25) is 0 Å². The van der Waals surface area contributed by atoms with E-state index in [1.165, 1.54) is 12.7 Å². The number of hydrogen-bond donors (Lipinski definition) is 1. The van der Waals surface area contributed by atoms with E-state index in [9.17, 15) is 9.59 Å². The molecule has 2 N–H and O–H groups in total. The minimum absolute atomic E-state index is 0.0847. The molecule has 0 saturated carbocycles. The van der Waals surface area contributed by atoms with Crippen molar-refractivity contribution in [1.82, 2.24) is 4.90 Å². The first-order valence-electron chi connectivity index (χ1n) is 11.4. The maximum absolute atomic E-state index is 13.2. The smallest absolute Gasteiger partial charge is 0.337 e. The van der Waals surface area contributed by atoms with Crippen LogP contribution in [0.4, 0.5) is 0 Å². The molecule has 1 atom stereocenters. The summed E-state index contributed by atoms with van der Waals surface area (Å²) in [7, 11) is 1.39. The topological polar surface area (TPSA) is 72.6 Å². The summed E-state index contributed by atoms with van der Waals surface area (Å²) >= 11 is 0. The van der Waals surface area contributed by atoms with Gasteiger partial charge in [-0.3, -0.25) is 4.79 Å². The second-order valence-corrected chi connectivity index (χ2v) is 8.63. The lowest BCUT2D eigenvalue weighted by molar-refractivity contribution is -0.123. The molecule has 3 aromatic rings. The van der Waals surface area contributed by atoms with E-state index >= 15 is 0 Å². The number of ether oxygens (including phenoxy) is 1. The maximum atomic E-state index is 13.2. The lowest BCUT2D eigenvalue weighted by atomic mass is 9.64. The summed E-state index contributed by atoms with van der Waals surface area (Å²) in [6, 6.07) is 27.4. The van der Waals surface area contributed by atoms with E-state index in [1.807, 2.05) is 72.8 Å². The SMILES string of the molecule is COC(=O)c1ccc(CCN2CCC(C(C(N)=O)(c3ccccc3)c3ccccc3)C2)cc1. The normalized spacial score (nSPS) is 16.5. The number of methoxy groups -OCH3 is 1. The Morgan fingerprint density at radius 2 is 1.52 bits per heavy atom. The van der Waals surface area contributed by atoms with Crippen LogP contribution in [0.15, 0.2) is 84.9 Å². The maximum Gasteiger partial charge on any atom is 0.337 e. The average molecular weight is 443 g/mol. The summed E-state index contributed by atoms with van der Waals surface area (Å²) in [5.74, 6) is -0.541. The van der Waals surface area contributed by atoms with Crippen molar-refractivity contribution in [3.63, 3.8) is 0 Å². The number of nitrogens with two attached hydrogens (primary N) is 1. The quantitative estimate of drug-likeness (QED) is 0.539. The third-order valence-corrected chi connectivity index (χ3v) is 6.82. The van der Waals surface area contributed by atoms with Crippen LogP contribution in [0.5, 0.6) is 0 Å². The van der Waals surface area contributed by atoms with Gasteiger partial charge in [0.25, 0.3) is 0 Å². The molecule has 1 aliphatic heterocycles. The zero-order valence-corrected chi connectivity index (χ0v) is 18.9. The van der Waals surface area contributed by atoms with E-state index in [2.05, 4.69) is 4.90 Å². The molecule has 4 rings (SSSR count). The van der Waals surface area contributed by atoms with Crippen molar-refractivity contribution in [3.05, 3.63) is 107 Å². The fourth-order valence-corrected chi connectivity index (χ4v) is 5.13. The van der Waals surface area contributed by atoms with Crippen LogP contribution < -0.4 is 5.73 Å². The first-order chi connectivity index (χ1) is 16.1. The highest BCUT2D eigenvalue weighted by atomic mass is 16.5. The molecule has 1 heterocycles. The third-order valence-electron chi connectivity index (χ3n) is 6.82. The van der Waals surface area contributed by atoms with Crippen molar-refractivity contribution in [2.24, 2.45) is 11.7 Å². The fourth-order valence-electron chi connectivity index (χ4n) is 5.13. The van der Waals surface area contributed by atoms with Gasteiger partial charge in [0.1, 0.15) is 5.41 Å². The molecule has 1 amide bonds. The van der Waals surface area contributed by atoms with Crippen LogP contribution >= 0.6 is 0 Å². The van der Waals surface area contributed by atoms with E-state index in [-0.39, 0.29) is 17.8 Å². The van der Waals surface area contributed by atoms with E-state index in [1.54, 1.807) is 12.1 Å². The standard InChI is InChI=1S/C28H30N2O3/c1-33-26(31)22-14-12-21(13-15-22)16-18-30-19-17-25(20-30)28(27(29)32,23-8-4-2-5-9-23)24-10-6-3-7-11-24/h2-15,25H,16-20H2,1H3,(H2,29,32). The summed E-state index contributed by atoms with van der Waals surface area (Å²) in [6.45, 7) is 2.60. The van der Waals surface area contributed by atoms with E-state index < -0.39 is 5.41 Å². The van der Waals surface area contributed by atoms with Gasteiger partial charge in [0.15, 0.2) is 0 Å². The van der Waals surface area contributed by atoms with Crippen LogP contribution in [0.25, 0.3) is 0 Å². The van der Waals surface area contributed by atoms with Crippen molar-refractivity contribution >= 4 is 11.9 Å². The van der Waals surface area contributed by atoms with Crippen LogP contribution in [0.1, 0.15) is 33.5 Å². The van der Waals surface area contributed by atoms with Gasteiger partial charge in [-0.1, -0.05) is 72.8 Å². The number of likely N-dealkylation sites (tertiary alicyclic amines) is 1. The number of carbonyl (C=O) groups is 2. The molecule has 0 spiro atoms. The molecule has 1 aliphatic rings. The minimum Gasteiger partial charge on any atom is -0.465 e. The lowest BCUT2D eigenvalue weighted by Gasteiger charge is -2.37. The average Bonchev–Trinajstić information content (AvgIpc) is 3.33. The van der Waals surface area contributed by atoms with Crippen molar-refractivity contribution in [2.45, 2.75) is 18.3 Å². The molecule has 1 unspecified atom stereocenters. The minimum atomic E-state index is -0.862. The number of primary amides is 1. The molecule has 5 heteroatoms. The molecule has 0 aromatic heterocycles. The zero-order chi connectivity index (χ0) is 23.3. The van der Waals surface area contributed by atoms with Crippen LogP contribution in [-0.2, 0) is 21.4 Å². The fraction of sp³-hybridized carbons (Fsp3) is 0.286. The molecule has 0 aliphatic carbocycles. The summed E-state index contributed by atoms with van der Waals surface area (Å²) in [6.07, 6.45) is 1.77. The molecule has 33 heavy (non-hydrogen) atoms. The molecule has 3 aromatic carbocycles. The molecule has 0 bridgehead atoms. The second-order valence-electron chi connectivity index (χ2n) is 8.63. The van der Waals surface area contributed by atoms with Crippen molar-refractivity contribution < 1.29 is 14.3 Å². The molecule has 1 fully saturated rings. The van der Waals surface area contributed by atoms with Crippen LogP contribution in [0, 0.1) is 5.92 Å². The highest BCUT2D eigenvalue weighted by Gasteiger charge is 2.49. The molecular formula is C28H30N2O3. The Hall–Kier alpha value is -3.44. The second kappa shape index (κ2) is 10.0. The monoisotopic (exact) mass is 442 g/mol. The number of esters is 1. The Labute approximate surface area is 195 Å². The molecule has 0 radical (unpaired) electrons. The van der Waals surface area contributed by atoms with E-state index in [0.29, 0.717) is 5.56 Å². The number of hydrogen-bond acceptors (Lipinski definition) is 4. The van der Waals surface area contributed by atoms with Gasteiger partial charge in [0, 0.05) is 13.1 Å². The van der Waals surface area contributed by atoms with Crippen LogP contribution in [-0.4, -0.2) is 43.5 Å². The highest BCUT2D eigenvalue weighted by Crippen LogP contribution is 2.43. The molecule has 1 saturated heterocycles. The van der Waals surface area contributed by atoms with Crippen molar-refractivity contribution in [2.75, 3.05) is 26.7 Å². The summed E-state index contributed by atoms with van der Waals surface area (Å²) in [4.78, 5) is 27.2. The van der Waals surface area contributed by atoms with Gasteiger partial charge in [-0.2, -0.15) is 0 Å². The Kier molecular flexibility index (Phi) is 6.90. The Morgan fingerprint density at radius 1 is 0.939 bits per heavy atom. The van der Waals surface area contributed by atoms with Gasteiger partial charge in [0.05, 0.1) is 12.7 Å². The zero-order valence-electron chi connectivity index (χ0n) is 18.9. The third kappa shape index (κ3) is 4.55. The Morgan fingerprint density at radius 3 is 2.03 bits per heavy atom. The van der Waals surface area contributed by atoms with Gasteiger partial charge in [0.2, 0.25) is 5.91 Å². The highest BCUT2D eigenvalue weighted by molar-refractivity contribution is 5.91. The number of benzene rings is 3. The predicted molar refractivity (Wildman–Crippen MR) is 129 cm³/mol. The van der Waals surface area contributed by atoms with Gasteiger partial charge < -0.3 is 15.4 Å². The van der Waals surface area contributed by atoms with Gasteiger partial charge in [-0.25, -0.2) is 4.79 Å².